The first-order chi connectivity index (χ1) is 13.4. The summed E-state index contributed by atoms with van der Waals surface area (Å²) in [4.78, 5) is 36.2. The number of rotatable bonds is 3. The van der Waals surface area contributed by atoms with Gasteiger partial charge >= 0.3 is 17.9 Å². The number of ether oxygens (including phenoxy) is 4. The SMILES string of the molecule is C=C1C(=O)O[C@H]2/C=C(/C)[C@@]3(O)O[C@@](C)(C[C@H](OC(=O)C(C)C)[C@@H]12)C[C@@H]3OC(C)=O. The highest BCUT2D eigenvalue weighted by Crippen LogP contribution is 2.49. The first-order valence-corrected chi connectivity index (χ1v) is 9.75. The van der Waals surface area contributed by atoms with Gasteiger partial charge in [0, 0.05) is 25.3 Å². The molecule has 3 aliphatic heterocycles. The van der Waals surface area contributed by atoms with Crippen molar-refractivity contribution in [3.63, 3.8) is 0 Å². The lowest BCUT2D eigenvalue weighted by Crippen LogP contribution is -2.43. The summed E-state index contributed by atoms with van der Waals surface area (Å²) in [5, 5.41) is 11.3. The number of carbonyl (C=O) groups excluding carboxylic acids is 3. The van der Waals surface area contributed by atoms with Gasteiger partial charge in [-0.15, -0.1) is 0 Å². The summed E-state index contributed by atoms with van der Waals surface area (Å²) in [7, 11) is 0. The normalized spacial score (nSPS) is 40.9. The first kappa shape index (κ1) is 21.5. The Morgan fingerprint density at radius 2 is 1.97 bits per heavy atom. The molecule has 0 aromatic carbocycles. The van der Waals surface area contributed by atoms with E-state index in [0.29, 0.717) is 5.57 Å². The summed E-state index contributed by atoms with van der Waals surface area (Å²) >= 11 is 0. The fourth-order valence-electron chi connectivity index (χ4n) is 4.29. The molecule has 0 aromatic rings. The lowest BCUT2D eigenvalue weighted by atomic mass is 9.81. The molecule has 2 saturated heterocycles. The number of esters is 3. The second kappa shape index (κ2) is 7.25. The Morgan fingerprint density at radius 1 is 1.31 bits per heavy atom. The fraction of sp³-hybridized carbons (Fsp3) is 0.667. The van der Waals surface area contributed by atoms with E-state index in [4.69, 9.17) is 18.9 Å². The molecule has 1 N–H and O–H groups in total. The predicted molar refractivity (Wildman–Crippen MR) is 100 cm³/mol. The fourth-order valence-corrected chi connectivity index (χ4v) is 4.29. The van der Waals surface area contributed by atoms with Crippen LogP contribution in [-0.4, -0.2) is 52.7 Å². The van der Waals surface area contributed by atoms with Gasteiger partial charge in [-0.3, -0.25) is 9.59 Å². The van der Waals surface area contributed by atoms with Crippen LogP contribution in [0.25, 0.3) is 0 Å². The van der Waals surface area contributed by atoms with Gasteiger partial charge in [-0.1, -0.05) is 20.4 Å². The third kappa shape index (κ3) is 3.83. The predicted octanol–water partition coefficient (Wildman–Crippen LogP) is 1.80. The average molecular weight is 408 g/mol. The van der Waals surface area contributed by atoms with Crippen molar-refractivity contribution in [3.8, 4) is 0 Å². The van der Waals surface area contributed by atoms with E-state index in [2.05, 4.69) is 6.58 Å². The highest BCUT2D eigenvalue weighted by Gasteiger charge is 2.60. The minimum absolute atomic E-state index is 0.170. The van der Waals surface area contributed by atoms with E-state index in [1.54, 1.807) is 33.8 Å². The van der Waals surface area contributed by atoms with Gasteiger partial charge in [0.1, 0.15) is 12.2 Å². The van der Waals surface area contributed by atoms with E-state index in [0.717, 1.165) is 0 Å². The Labute approximate surface area is 169 Å². The summed E-state index contributed by atoms with van der Waals surface area (Å²) in [5.74, 6) is -4.39. The smallest absolute Gasteiger partial charge is 0.334 e. The van der Waals surface area contributed by atoms with Crippen molar-refractivity contribution in [1.82, 2.24) is 0 Å². The van der Waals surface area contributed by atoms with Gasteiger partial charge in [0.05, 0.1) is 17.4 Å². The maximum absolute atomic E-state index is 12.4. The molecule has 29 heavy (non-hydrogen) atoms. The van der Waals surface area contributed by atoms with Gasteiger partial charge in [0.15, 0.2) is 6.10 Å². The number of aliphatic hydroxyl groups is 1. The maximum atomic E-state index is 12.4. The molecule has 0 spiro atoms. The quantitative estimate of drug-likeness (QED) is 0.326. The van der Waals surface area contributed by atoms with Crippen LogP contribution in [0.5, 0.6) is 0 Å². The Bertz CT molecular complexity index is 784. The van der Waals surface area contributed by atoms with Gasteiger partial charge in [-0.05, 0) is 25.5 Å². The molecule has 6 atom stereocenters. The number of hydrogen-bond acceptors (Lipinski definition) is 8. The molecule has 2 bridgehead atoms. The van der Waals surface area contributed by atoms with Crippen molar-refractivity contribution in [2.75, 3.05) is 0 Å². The largest absolute Gasteiger partial charge is 0.461 e. The highest BCUT2D eigenvalue weighted by atomic mass is 16.7. The van der Waals surface area contributed by atoms with E-state index < -0.39 is 53.5 Å². The van der Waals surface area contributed by atoms with Crippen molar-refractivity contribution < 1.29 is 38.4 Å². The minimum Gasteiger partial charge on any atom is -0.461 e. The van der Waals surface area contributed by atoms with Gasteiger partial charge in [0.2, 0.25) is 5.79 Å². The molecule has 3 heterocycles. The zero-order chi connectivity index (χ0) is 21.7. The topological polar surface area (TPSA) is 108 Å². The van der Waals surface area contributed by atoms with E-state index in [1.165, 1.54) is 6.92 Å². The van der Waals surface area contributed by atoms with Crippen molar-refractivity contribution in [2.45, 2.75) is 77.2 Å². The Balaban J connectivity index is 2.07. The van der Waals surface area contributed by atoms with Crippen LogP contribution in [0.15, 0.2) is 23.8 Å². The number of carbonyl (C=O) groups is 3. The molecule has 8 heteroatoms. The summed E-state index contributed by atoms with van der Waals surface area (Å²) in [6.07, 6.45) is -0.564. The van der Waals surface area contributed by atoms with Crippen molar-refractivity contribution in [1.29, 1.82) is 0 Å². The molecular formula is C21H28O8. The van der Waals surface area contributed by atoms with Crippen LogP contribution in [0.2, 0.25) is 0 Å². The Morgan fingerprint density at radius 3 is 2.55 bits per heavy atom. The molecule has 3 aliphatic rings. The molecule has 0 saturated carbocycles. The number of fused-ring (bicyclic) bond motifs is 3. The van der Waals surface area contributed by atoms with Gasteiger partial charge in [-0.2, -0.15) is 0 Å². The summed E-state index contributed by atoms with van der Waals surface area (Å²) < 4.78 is 22.5. The van der Waals surface area contributed by atoms with Gasteiger partial charge in [-0.25, -0.2) is 4.79 Å². The summed E-state index contributed by atoms with van der Waals surface area (Å²) in [5.41, 5.74) is -0.418. The molecule has 0 aliphatic carbocycles. The minimum atomic E-state index is -1.88. The van der Waals surface area contributed by atoms with Gasteiger partial charge in [0.25, 0.3) is 0 Å². The van der Waals surface area contributed by atoms with E-state index in [1.807, 2.05) is 0 Å². The zero-order valence-electron chi connectivity index (χ0n) is 17.4. The lowest BCUT2D eigenvalue weighted by molar-refractivity contribution is -0.232. The van der Waals surface area contributed by atoms with Crippen LogP contribution in [0.3, 0.4) is 0 Å². The summed E-state index contributed by atoms with van der Waals surface area (Å²) in [6.45, 7) is 11.9. The molecule has 2 fully saturated rings. The molecule has 8 nitrogen and oxygen atoms in total. The van der Waals surface area contributed by atoms with Crippen molar-refractivity contribution >= 4 is 17.9 Å². The van der Waals surface area contributed by atoms with Crippen molar-refractivity contribution in [3.05, 3.63) is 23.8 Å². The molecule has 0 unspecified atom stereocenters. The monoisotopic (exact) mass is 408 g/mol. The van der Waals surface area contributed by atoms with E-state index >= 15 is 0 Å². The Kier molecular flexibility index (Phi) is 5.38. The average Bonchev–Trinajstić information content (AvgIpc) is 3.00. The maximum Gasteiger partial charge on any atom is 0.334 e. The van der Waals surface area contributed by atoms with Crippen LogP contribution in [0, 0.1) is 11.8 Å². The van der Waals surface area contributed by atoms with E-state index in [9.17, 15) is 19.5 Å². The van der Waals surface area contributed by atoms with Crippen LogP contribution >= 0.6 is 0 Å². The summed E-state index contributed by atoms with van der Waals surface area (Å²) in [6, 6.07) is 0. The third-order valence-electron chi connectivity index (χ3n) is 5.78. The molecule has 3 rings (SSSR count). The second-order valence-electron chi connectivity index (χ2n) is 8.66. The molecular weight excluding hydrogens is 380 g/mol. The molecule has 0 amide bonds. The second-order valence-corrected chi connectivity index (χ2v) is 8.66. The van der Waals surface area contributed by atoms with Crippen molar-refractivity contribution in [2.24, 2.45) is 11.8 Å². The van der Waals surface area contributed by atoms with Crippen LogP contribution in [-0.2, 0) is 33.3 Å². The standard InChI is InChI=1S/C21H28O8/c1-10(2)18(23)28-15-8-20(6)9-16(26-13(5)22)21(25,29-20)11(3)7-14-17(15)12(4)19(24)27-14/h7,10,14-17,25H,4,8-9H2,1-3,5-6H3/b11-7-/t14-,15-,16-,17-,20-,21+/m0/s1. The van der Waals surface area contributed by atoms with E-state index in [-0.39, 0.29) is 24.3 Å². The zero-order valence-corrected chi connectivity index (χ0v) is 17.4. The van der Waals surface area contributed by atoms with Crippen LogP contribution in [0.4, 0.5) is 0 Å². The van der Waals surface area contributed by atoms with Crippen LogP contribution in [0.1, 0.15) is 47.5 Å². The Hall–Kier alpha value is -2.19. The molecule has 0 radical (unpaired) electrons. The third-order valence-corrected chi connectivity index (χ3v) is 5.78. The van der Waals surface area contributed by atoms with Crippen LogP contribution < -0.4 is 0 Å². The number of hydrogen-bond donors (Lipinski definition) is 1. The first-order valence-electron chi connectivity index (χ1n) is 9.75. The lowest BCUT2D eigenvalue weighted by Gasteiger charge is -2.33. The van der Waals surface area contributed by atoms with Gasteiger partial charge < -0.3 is 24.1 Å². The molecule has 160 valence electrons. The molecule has 0 aromatic heterocycles. The highest BCUT2D eigenvalue weighted by molar-refractivity contribution is 5.91.